The summed E-state index contributed by atoms with van der Waals surface area (Å²) in [6.07, 6.45) is 27.9. The molecule has 0 fully saturated rings. The standard InChI is InChI=1S/C20H41N/c1-2-3-4-5-6-7-8-9-10-11-12-13-14-15-16-17-18-19-20-21/h19-20H,2-18,21H2,1H3/b20-19+. The maximum absolute atomic E-state index is 5.31. The van der Waals surface area contributed by atoms with Crippen molar-refractivity contribution in [1.29, 1.82) is 0 Å². The second-order valence-electron chi connectivity index (χ2n) is 6.52. The van der Waals surface area contributed by atoms with E-state index in [9.17, 15) is 0 Å². The van der Waals surface area contributed by atoms with Crippen LogP contribution in [-0.4, -0.2) is 0 Å². The van der Waals surface area contributed by atoms with E-state index in [1.54, 1.807) is 6.20 Å². The van der Waals surface area contributed by atoms with Crippen LogP contribution < -0.4 is 5.73 Å². The lowest BCUT2D eigenvalue weighted by atomic mass is 10.0. The van der Waals surface area contributed by atoms with Crippen LogP contribution in [0.1, 0.15) is 116 Å². The molecule has 0 spiro atoms. The molecule has 0 saturated heterocycles. The van der Waals surface area contributed by atoms with Crippen LogP contribution in [0.3, 0.4) is 0 Å². The SMILES string of the molecule is CCCCCCCCCCCCCCCCCC/C=C/N. The van der Waals surface area contributed by atoms with Crippen molar-refractivity contribution in [3.05, 3.63) is 12.3 Å². The van der Waals surface area contributed by atoms with Crippen molar-refractivity contribution in [3.8, 4) is 0 Å². The molecule has 0 unspecified atom stereocenters. The van der Waals surface area contributed by atoms with Gasteiger partial charge in [-0.1, -0.05) is 109 Å². The van der Waals surface area contributed by atoms with Gasteiger partial charge in [-0.15, -0.1) is 0 Å². The molecule has 0 bridgehead atoms. The first-order valence-corrected chi connectivity index (χ1v) is 9.78. The van der Waals surface area contributed by atoms with Crippen molar-refractivity contribution in [1.82, 2.24) is 0 Å². The van der Waals surface area contributed by atoms with Gasteiger partial charge in [0.15, 0.2) is 0 Å². The quantitative estimate of drug-likeness (QED) is 0.284. The Bertz CT molecular complexity index is 198. The highest BCUT2D eigenvalue weighted by molar-refractivity contribution is 4.74. The third-order valence-electron chi connectivity index (χ3n) is 4.36. The zero-order valence-electron chi connectivity index (χ0n) is 14.8. The van der Waals surface area contributed by atoms with Crippen molar-refractivity contribution >= 4 is 0 Å². The first-order valence-electron chi connectivity index (χ1n) is 9.78. The lowest BCUT2D eigenvalue weighted by molar-refractivity contribution is 0.530. The minimum absolute atomic E-state index is 1.16. The van der Waals surface area contributed by atoms with Crippen molar-refractivity contribution in [3.63, 3.8) is 0 Å². The maximum Gasteiger partial charge on any atom is -0.0103 e. The van der Waals surface area contributed by atoms with Gasteiger partial charge in [-0.05, 0) is 19.0 Å². The Balaban J connectivity index is 2.93. The van der Waals surface area contributed by atoms with Crippen molar-refractivity contribution < 1.29 is 0 Å². The Labute approximate surface area is 134 Å². The molecule has 21 heavy (non-hydrogen) atoms. The average molecular weight is 296 g/mol. The molecule has 126 valence electrons. The van der Waals surface area contributed by atoms with Gasteiger partial charge in [0.2, 0.25) is 0 Å². The summed E-state index contributed by atoms with van der Waals surface area (Å²) in [6, 6.07) is 0. The minimum Gasteiger partial charge on any atom is -0.405 e. The number of nitrogens with two attached hydrogens (primary N) is 1. The smallest absolute Gasteiger partial charge is 0.0103 e. The zero-order valence-corrected chi connectivity index (χ0v) is 14.8. The molecule has 2 N–H and O–H groups in total. The molecule has 1 nitrogen and oxygen atoms in total. The van der Waals surface area contributed by atoms with Crippen LogP contribution in [0.15, 0.2) is 12.3 Å². The van der Waals surface area contributed by atoms with E-state index >= 15 is 0 Å². The summed E-state index contributed by atoms with van der Waals surface area (Å²) in [5, 5.41) is 0. The Morgan fingerprint density at radius 2 is 0.857 bits per heavy atom. The highest BCUT2D eigenvalue weighted by Gasteiger charge is 1.94. The third-order valence-corrected chi connectivity index (χ3v) is 4.36. The molecular weight excluding hydrogens is 254 g/mol. The Morgan fingerprint density at radius 1 is 0.524 bits per heavy atom. The van der Waals surface area contributed by atoms with Gasteiger partial charge in [-0.2, -0.15) is 0 Å². The fourth-order valence-electron chi connectivity index (χ4n) is 2.91. The largest absolute Gasteiger partial charge is 0.405 e. The molecule has 0 aliphatic carbocycles. The zero-order chi connectivity index (χ0) is 15.4. The van der Waals surface area contributed by atoms with Gasteiger partial charge in [0.25, 0.3) is 0 Å². The van der Waals surface area contributed by atoms with E-state index in [1.165, 1.54) is 103 Å². The highest BCUT2D eigenvalue weighted by Crippen LogP contribution is 2.13. The van der Waals surface area contributed by atoms with Crippen molar-refractivity contribution in [2.24, 2.45) is 5.73 Å². The number of rotatable bonds is 17. The second kappa shape index (κ2) is 19.5. The lowest BCUT2D eigenvalue weighted by Crippen LogP contribution is -1.83. The first kappa shape index (κ1) is 20.5. The molecule has 0 aliphatic rings. The monoisotopic (exact) mass is 295 g/mol. The van der Waals surface area contributed by atoms with Crippen molar-refractivity contribution in [2.75, 3.05) is 0 Å². The molecule has 0 atom stereocenters. The van der Waals surface area contributed by atoms with Gasteiger partial charge in [0.05, 0.1) is 0 Å². The molecule has 0 rings (SSSR count). The van der Waals surface area contributed by atoms with Gasteiger partial charge in [-0.3, -0.25) is 0 Å². The van der Waals surface area contributed by atoms with Crippen LogP contribution in [0.2, 0.25) is 0 Å². The molecule has 0 saturated carbocycles. The molecule has 0 radical (unpaired) electrons. The van der Waals surface area contributed by atoms with Crippen LogP contribution in [0.25, 0.3) is 0 Å². The Morgan fingerprint density at radius 3 is 1.19 bits per heavy atom. The fraction of sp³-hybridized carbons (Fsp3) is 0.900. The second-order valence-corrected chi connectivity index (χ2v) is 6.52. The van der Waals surface area contributed by atoms with Crippen LogP contribution in [-0.2, 0) is 0 Å². The Kier molecular flexibility index (Phi) is 19.1. The molecule has 0 aromatic rings. The highest BCUT2D eigenvalue weighted by atomic mass is 14.5. The summed E-state index contributed by atoms with van der Waals surface area (Å²) >= 11 is 0. The normalized spacial score (nSPS) is 11.5. The van der Waals surface area contributed by atoms with Gasteiger partial charge in [0.1, 0.15) is 0 Å². The summed E-state index contributed by atoms with van der Waals surface area (Å²) in [5.74, 6) is 0. The molecular formula is C20H41N. The predicted octanol–water partition coefficient (Wildman–Crippen LogP) is 7.11. The van der Waals surface area contributed by atoms with Gasteiger partial charge >= 0.3 is 0 Å². The predicted molar refractivity (Wildman–Crippen MR) is 97.5 cm³/mol. The van der Waals surface area contributed by atoms with E-state index in [-0.39, 0.29) is 0 Å². The van der Waals surface area contributed by atoms with E-state index in [1.807, 2.05) is 0 Å². The summed E-state index contributed by atoms with van der Waals surface area (Å²) in [4.78, 5) is 0. The van der Waals surface area contributed by atoms with Gasteiger partial charge < -0.3 is 5.73 Å². The van der Waals surface area contributed by atoms with E-state index < -0.39 is 0 Å². The summed E-state index contributed by atoms with van der Waals surface area (Å²) in [7, 11) is 0. The topological polar surface area (TPSA) is 26.0 Å². The molecule has 0 heterocycles. The van der Waals surface area contributed by atoms with E-state index in [2.05, 4.69) is 13.0 Å². The maximum atomic E-state index is 5.31. The fourth-order valence-corrected chi connectivity index (χ4v) is 2.91. The molecule has 0 aromatic carbocycles. The van der Waals surface area contributed by atoms with Gasteiger partial charge in [-0.25, -0.2) is 0 Å². The summed E-state index contributed by atoms with van der Waals surface area (Å²) in [5.41, 5.74) is 5.31. The third kappa shape index (κ3) is 19.5. The minimum atomic E-state index is 1.16. The van der Waals surface area contributed by atoms with E-state index in [0.29, 0.717) is 0 Å². The first-order chi connectivity index (χ1) is 10.4. The summed E-state index contributed by atoms with van der Waals surface area (Å²) < 4.78 is 0. The average Bonchev–Trinajstić information content (AvgIpc) is 2.50. The van der Waals surface area contributed by atoms with Crippen LogP contribution in [0.5, 0.6) is 0 Å². The van der Waals surface area contributed by atoms with Crippen LogP contribution in [0, 0.1) is 0 Å². The Hall–Kier alpha value is -0.460. The number of hydrogen-bond donors (Lipinski definition) is 1. The molecule has 0 aliphatic heterocycles. The molecule has 0 aromatic heterocycles. The van der Waals surface area contributed by atoms with E-state index in [0.717, 1.165) is 6.42 Å². The van der Waals surface area contributed by atoms with Crippen molar-refractivity contribution in [2.45, 2.75) is 116 Å². The summed E-state index contributed by atoms with van der Waals surface area (Å²) in [6.45, 7) is 2.29. The van der Waals surface area contributed by atoms with Crippen LogP contribution >= 0.6 is 0 Å². The number of unbranched alkanes of at least 4 members (excludes halogenated alkanes) is 16. The number of allylic oxidation sites excluding steroid dienone is 1. The van der Waals surface area contributed by atoms with Crippen LogP contribution in [0.4, 0.5) is 0 Å². The molecule has 1 heteroatoms. The lowest BCUT2D eigenvalue weighted by Gasteiger charge is -2.03. The molecule has 0 amide bonds. The van der Waals surface area contributed by atoms with Gasteiger partial charge in [0, 0.05) is 0 Å². The number of hydrogen-bond acceptors (Lipinski definition) is 1. The van der Waals surface area contributed by atoms with E-state index in [4.69, 9.17) is 5.73 Å².